The van der Waals surface area contributed by atoms with Crippen LogP contribution in [-0.2, 0) is 14.3 Å². The van der Waals surface area contributed by atoms with E-state index < -0.39 is 5.97 Å². The second-order valence-corrected chi connectivity index (χ2v) is 5.75. The third kappa shape index (κ3) is 4.41. The Labute approximate surface area is 136 Å². The molecule has 0 unspecified atom stereocenters. The van der Waals surface area contributed by atoms with Gasteiger partial charge in [-0.05, 0) is 39.3 Å². The SMILES string of the molecule is CCCOC(=O)/C(C(C)=N)=C1\NC(=O)C=C(C2CCNCC2)N1. The van der Waals surface area contributed by atoms with Crippen LogP contribution in [0.15, 0.2) is 23.2 Å². The van der Waals surface area contributed by atoms with Crippen LogP contribution in [0.1, 0.15) is 33.1 Å². The first-order chi connectivity index (χ1) is 11.0. The van der Waals surface area contributed by atoms with Crippen LogP contribution >= 0.6 is 0 Å². The van der Waals surface area contributed by atoms with Crippen molar-refractivity contribution in [2.24, 2.45) is 5.92 Å². The number of esters is 1. The van der Waals surface area contributed by atoms with Gasteiger partial charge in [-0.2, -0.15) is 0 Å². The van der Waals surface area contributed by atoms with Crippen LogP contribution < -0.4 is 16.0 Å². The second-order valence-electron chi connectivity index (χ2n) is 5.75. The Hall–Kier alpha value is -2.15. The number of allylic oxidation sites excluding steroid dienone is 1. The van der Waals surface area contributed by atoms with Crippen LogP contribution in [0.25, 0.3) is 0 Å². The minimum Gasteiger partial charge on any atom is -0.462 e. The number of hydrogen-bond donors (Lipinski definition) is 4. The van der Waals surface area contributed by atoms with E-state index >= 15 is 0 Å². The number of amides is 1. The Morgan fingerprint density at radius 2 is 2.04 bits per heavy atom. The summed E-state index contributed by atoms with van der Waals surface area (Å²) in [6.45, 7) is 5.49. The molecule has 2 aliphatic heterocycles. The summed E-state index contributed by atoms with van der Waals surface area (Å²) >= 11 is 0. The Morgan fingerprint density at radius 1 is 1.35 bits per heavy atom. The maximum Gasteiger partial charge on any atom is 0.343 e. The molecule has 126 valence electrons. The van der Waals surface area contributed by atoms with Gasteiger partial charge in [0.25, 0.3) is 5.91 Å². The molecule has 0 aromatic rings. The largest absolute Gasteiger partial charge is 0.462 e. The second kappa shape index (κ2) is 7.92. The van der Waals surface area contributed by atoms with E-state index in [4.69, 9.17) is 10.1 Å². The minimum absolute atomic E-state index is 0.0560. The third-order valence-corrected chi connectivity index (χ3v) is 3.85. The molecule has 1 saturated heterocycles. The quantitative estimate of drug-likeness (QED) is 0.341. The molecule has 4 N–H and O–H groups in total. The van der Waals surface area contributed by atoms with Crippen molar-refractivity contribution in [3.63, 3.8) is 0 Å². The fourth-order valence-electron chi connectivity index (χ4n) is 2.70. The van der Waals surface area contributed by atoms with E-state index in [1.807, 2.05) is 6.92 Å². The van der Waals surface area contributed by atoms with Gasteiger partial charge in [0.2, 0.25) is 0 Å². The fraction of sp³-hybridized carbons (Fsp3) is 0.562. The van der Waals surface area contributed by atoms with E-state index in [9.17, 15) is 9.59 Å². The molecule has 0 radical (unpaired) electrons. The molecule has 0 atom stereocenters. The summed E-state index contributed by atoms with van der Waals surface area (Å²) < 4.78 is 5.13. The molecule has 23 heavy (non-hydrogen) atoms. The summed E-state index contributed by atoms with van der Waals surface area (Å²) in [5.41, 5.74) is 0.930. The van der Waals surface area contributed by atoms with Gasteiger partial charge in [-0.3, -0.25) is 4.79 Å². The average Bonchev–Trinajstić information content (AvgIpc) is 2.53. The van der Waals surface area contributed by atoms with E-state index in [1.54, 1.807) is 0 Å². The summed E-state index contributed by atoms with van der Waals surface area (Å²) in [6, 6.07) is 0. The highest BCUT2D eigenvalue weighted by atomic mass is 16.5. The van der Waals surface area contributed by atoms with Crippen molar-refractivity contribution in [2.45, 2.75) is 33.1 Å². The topological polar surface area (TPSA) is 103 Å². The van der Waals surface area contributed by atoms with Crippen LogP contribution in [-0.4, -0.2) is 37.3 Å². The summed E-state index contributed by atoms with van der Waals surface area (Å²) in [5, 5.41) is 16.9. The van der Waals surface area contributed by atoms with Gasteiger partial charge in [0, 0.05) is 23.4 Å². The van der Waals surface area contributed by atoms with Crippen LogP contribution in [0.3, 0.4) is 0 Å². The highest BCUT2D eigenvalue weighted by molar-refractivity contribution is 6.18. The lowest BCUT2D eigenvalue weighted by molar-refractivity contribution is -0.138. The third-order valence-electron chi connectivity index (χ3n) is 3.85. The smallest absolute Gasteiger partial charge is 0.343 e. The van der Waals surface area contributed by atoms with Crippen LogP contribution in [0.2, 0.25) is 0 Å². The van der Waals surface area contributed by atoms with Crippen molar-refractivity contribution in [1.82, 2.24) is 16.0 Å². The molecule has 0 spiro atoms. The van der Waals surface area contributed by atoms with Crippen LogP contribution in [0, 0.1) is 11.3 Å². The first-order valence-corrected chi connectivity index (χ1v) is 8.00. The molecule has 2 aliphatic rings. The van der Waals surface area contributed by atoms with Crippen molar-refractivity contribution < 1.29 is 14.3 Å². The van der Waals surface area contributed by atoms with Crippen LogP contribution in [0.4, 0.5) is 0 Å². The van der Waals surface area contributed by atoms with Gasteiger partial charge in [-0.15, -0.1) is 0 Å². The van der Waals surface area contributed by atoms with E-state index in [0.29, 0.717) is 6.42 Å². The van der Waals surface area contributed by atoms with Gasteiger partial charge >= 0.3 is 5.97 Å². The Kier molecular flexibility index (Phi) is 5.92. The van der Waals surface area contributed by atoms with Crippen molar-refractivity contribution in [2.75, 3.05) is 19.7 Å². The molecule has 0 bridgehead atoms. The summed E-state index contributed by atoms with van der Waals surface area (Å²) in [4.78, 5) is 24.2. The molecule has 0 aliphatic carbocycles. The lowest BCUT2D eigenvalue weighted by Crippen LogP contribution is -2.42. The van der Waals surface area contributed by atoms with Crippen LogP contribution in [0.5, 0.6) is 0 Å². The number of carbonyl (C=O) groups excluding carboxylic acids is 2. The van der Waals surface area contributed by atoms with Gasteiger partial charge in [0.1, 0.15) is 11.4 Å². The van der Waals surface area contributed by atoms with E-state index in [0.717, 1.165) is 31.6 Å². The number of rotatable bonds is 5. The van der Waals surface area contributed by atoms with Gasteiger partial charge < -0.3 is 26.1 Å². The summed E-state index contributed by atoms with van der Waals surface area (Å²) in [7, 11) is 0. The number of ether oxygens (including phenoxy) is 1. The minimum atomic E-state index is -0.589. The molecule has 2 rings (SSSR count). The molecule has 2 heterocycles. The number of piperidine rings is 1. The van der Waals surface area contributed by atoms with Gasteiger partial charge in [0.05, 0.1) is 6.61 Å². The maximum atomic E-state index is 12.2. The zero-order valence-corrected chi connectivity index (χ0v) is 13.6. The zero-order valence-electron chi connectivity index (χ0n) is 13.6. The molecular formula is C16H24N4O3. The van der Waals surface area contributed by atoms with Crippen molar-refractivity contribution in [1.29, 1.82) is 5.41 Å². The summed E-state index contributed by atoms with van der Waals surface area (Å²) in [5.74, 6) is -0.376. The number of hydrogen-bond acceptors (Lipinski definition) is 6. The van der Waals surface area contributed by atoms with Gasteiger partial charge in [0.15, 0.2) is 0 Å². The molecule has 7 nitrogen and oxygen atoms in total. The van der Waals surface area contributed by atoms with E-state index in [1.165, 1.54) is 13.0 Å². The molecule has 7 heteroatoms. The van der Waals surface area contributed by atoms with Gasteiger partial charge in [-0.25, -0.2) is 4.79 Å². The standard InChI is InChI=1S/C16H24N4O3/c1-3-8-23-16(22)14(10(2)17)15-19-12(9-13(21)20-15)11-4-6-18-7-5-11/h9,11,17-19H,3-8H2,1-2H3,(H,20,21)/b15-14-,17-10?. The first-order valence-electron chi connectivity index (χ1n) is 8.00. The Balaban J connectivity index is 2.25. The number of nitrogens with one attached hydrogen (secondary N) is 4. The average molecular weight is 320 g/mol. The molecule has 1 amide bonds. The maximum absolute atomic E-state index is 12.2. The van der Waals surface area contributed by atoms with Crippen molar-refractivity contribution in [3.8, 4) is 0 Å². The lowest BCUT2D eigenvalue weighted by atomic mass is 9.93. The number of carbonyl (C=O) groups is 2. The summed E-state index contributed by atoms with van der Waals surface area (Å²) in [6.07, 6.45) is 4.09. The van der Waals surface area contributed by atoms with Crippen molar-refractivity contribution >= 4 is 17.6 Å². The zero-order chi connectivity index (χ0) is 16.8. The molecule has 0 saturated carbocycles. The predicted octanol–water partition coefficient (Wildman–Crippen LogP) is 0.794. The molecule has 0 aromatic heterocycles. The highest BCUT2D eigenvalue weighted by Gasteiger charge is 2.27. The normalized spacial score (nSPS) is 21.0. The van der Waals surface area contributed by atoms with E-state index in [2.05, 4.69) is 16.0 Å². The Morgan fingerprint density at radius 3 is 2.65 bits per heavy atom. The van der Waals surface area contributed by atoms with Crippen molar-refractivity contribution in [3.05, 3.63) is 23.2 Å². The van der Waals surface area contributed by atoms with Gasteiger partial charge in [-0.1, -0.05) is 6.92 Å². The Bertz CT molecular complexity index is 560. The predicted molar refractivity (Wildman–Crippen MR) is 86.6 cm³/mol. The molecule has 0 aromatic carbocycles. The highest BCUT2D eigenvalue weighted by Crippen LogP contribution is 2.22. The monoisotopic (exact) mass is 320 g/mol. The fourth-order valence-corrected chi connectivity index (χ4v) is 2.70. The molecular weight excluding hydrogens is 296 g/mol. The molecule has 1 fully saturated rings. The van der Waals surface area contributed by atoms with E-state index in [-0.39, 0.29) is 35.5 Å². The lowest BCUT2D eigenvalue weighted by Gasteiger charge is -2.30. The first kappa shape index (κ1) is 17.2.